The van der Waals surface area contributed by atoms with Crippen LogP contribution in [0.3, 0.4) is 0 Å². The normalized spacial score (nSPS) is 35.7. The van der Waals surface area contributed by atoms with Crippen LogP contribution in [0.5, 0.6) is 0 Å². The number of carbonyl (C=O) groups is 2. The van der Waals surface area contributed by atoms with E-state index in [0.29, 0.717) is 5.56 Å². The third kappa shape index (κ3) is 2.36. The Labute approximate surface area is 243 Å². The number of aliphatic hydroxyl groups is 2. The van der Waals surface area contributed by atoms with Gasteiger partial charge < -0.3 is 24.8 Å². The number of nitrogens with one attached hydrogen (secondary N) is 1. The number of aromatic amines is 1. The van der Waals surface area contributed by atoms with Crippen molar-refractivity contribution in [3.63, 3.8) is 0 Å². The Morgan fingerprint density at radius 3 is 2.38 bits per heavy atom. The first-order valence-electron chi connectivity index (χ1n) is 14.4. The van der Waals surface area contributed by atoms with E-state index in [9.17, 15) is 19.8 Å². The van der Waals surface area contributed by atoms with E-state index in [4.69, 9.17) is 4.74 Å². The lowest BCUT2D eigenvalue weighted by Gasteiger charge is -2.70. The van der Waals surface area contributed by atoms with Gasteiger partial charge in [0.05, 0.1) is 0 Å². The summed E-state index contributed by atoms with van der Waals surface area (Å²) in [5.41, 5.74) is -2.89. The molecule has 42 heavy (non-hydrogen) atoms. The average molecular weight is 567 g/mol. The first-order chi connectivity index (χ1) is 19.8. The van der Waals surface area contributed by atoms with Crippen molar-refractivity contribution in [2.75, 3.05) is 12.0 Å². The number of fused-ring (bicyclic) bond motifs is 8. The molecule has 5 atom stereocenters. The Hall–Kier alpha value is -3.92. The summed E-state index contributed by atoms with van der Waals surface area (Å²) < 4.78 is 5.90. The number of allylic oxidation sites excluding steroid dienone is 1. The Morgan fingerprint density at radius 2 is 1.64 bits per heavy atom. The fraction of sp³-hybridized carbons (Fsp3) is 0.394. The van der Waals surface area contributed by atoms with E-state index in [1.54, 1.807) is 18.3 Å². The molecule has 1 spiro atoms. The third-order valence-corrected chi connectivity index (χ3v) is 10.9. The molecule has 5 aliphatic heterocycles. The number of para-hydroxylation sites is 2. The highest BCUT2D eigenvalue weighted by molar-refractivity contribution is 6.12. The van der Waals surface area contributed by atoms with E-state index in [1.807, 2.05) is 88.1 Å². The predicted octanol–water partition coefficient (Wildman–Crippen LogP) is 3.53. The molecular weight excluding hydrogens is 532 g/mol. The first kappa shape index (κ1) is 25.8. The number of amides is 2. The zero-order valence-electron chi connectivity index (χ0n) is 24.5. The van der Waals surface area contributed by atoms with Crippen LogP contribution < -0.4 is 4.90 Å². The van der Waals surface area contributed by atoms with Gasteiger partial charge in [0.2, 0.25) is 0 Å². The second-order valence-electron chi connectivity index (χ2n) is 13.4. The van der Waals surface area contributed by atoms with Crippen LogP contribution in [0.2, 0.25) is 0 Å². The lowest BCUT2D eigenvalue weighted by Crippen LogP contribution is -2.87. The molecule has 9 heteroatoms. The summed E-state index contributed by atoms with van der Waals surface area (Å²) in [6.45, 7) is 10.1. The van der Waals surface area contributed by atoms with Crippen molar-refractivity contribution < 1.29 is 24.5 Å². The number of hydrogen-bond donors (Lipinski definition) is 3. The summed E-state index contributed by atoms with van der Waals surface area (Å²) in [6, 6.07) is 15.3. The minimum Gasteiger partial charge on any atom is -0.378 e. The quantitative estimate of drug-likeness (QED) is 0.416. The van der Waals surface area contributed by atoms with E-state index in [2.05, 4.69) is 4.98 Å². The van der Waals surface area contributed by atoms with Crippen LogP contribution >= 0.6 is 0 Å². The standard InChI is InChI=1S/C33H34N4O5/c1-18-30(4,5)36-23-14-10-8-12-21(23)31(40)27(42-6)32(41)28(39)35-16-15-29(2,3)25-20(19-11-7-9-13-22(19)34-25)17-24(35)26(38)37(32)33(18,31)36/h7-18,27,34,40-41H,1-6H3/b16-15-,24-17?/t18-,27+,31+,32+,33+/m1/s1. The van der Waals surface area contributed by atoms with E-state index in [1.165, 1.54) is 16.9 Å². The van der Waals surface area contributed by atoms with Crippen molar-refractivity contribution in [3.05, 3.63) is 83.3 Å². The molecule has 5 aliphatic rings. The molecule has 9 nitrogen and oxygen atoms in total. The number of piperazine rings is 1. The molecule has 8 rings (SSSR count). The highest BCUT2D eigenvalue weighted by Crippen LogP contribution is 2.74. The average Bonchev–Trinajstić information content (AvgIpc) is 3.49. The molecule has 3 N–H and O–H groups in total. The van der Waals surface area contributed by atoms with Gasteiger partial charge in [-0.25, -0.2) is 0 Å². The second kappa shape index (κ2) is 7.34. The number of aromatic nitrogens is 1. The largest absolute Gasteiger partial charge is 0.378 e. The van der Waals surface area contributed by atoms with Gasteiger partial charge in [-0.3, -0.25) is 19.4 Å². The molecule has 1 aromatic heterocycles. The Kier molecular flexibility index (Phi) is 4.50. The van der Waals surface area contributed by atoms with Crippen molar-refractivity contribution >= 4 is 34.5 Å². The van der Waals surface area contributed by atoms with Crippen LogP contribution in [0.25, 0.3) is 17.0 Å². The lowest BCUT2D eigenvalue weighted by atomic mass is 9.61. The second-order valence-corrected chi connectivity index (χ2v) is 13.4. The number of ether oxygens (including phenoxy) is 1. The minimum atomic E-state index is -2.48. The van der Waals surface area contributed by atoms with E-state index < -0.39 is 45.9 Å². The molecule has 0 unspecified atom stereocenters. The number of methoxy groups -OCH3 is 1. The van der Waals surface area contributed by atoms with Crippen LogP contribution in [-0.2, 0) is 25.3 Å². The van der Waals surface area contributed by atoms with Gasteiger partial charge in [0.1, 0.15) is 5.70 Å². The third-order valence-electron chi connectivity index (χ3n) is 10.9. The fourth-order valence-corrected chi connectivity index (χ4v) is 8.84. The first-order valence-corrected chi connectivity index (χ1v) is 14.4. The van der Waals surface area contributed by atoms with Crippen molar-refractivity contribution in [2.24, 2.45) is 5.92 Å². The molecular formula is C33H34N4O5. The monoisotopic (exact) mass is 566 g/mol. The van der Waals surface area contributed by atoms with Crippen LogP contribution in [0.15, 0.2) is 66.5 Å². The van der Waals surface area contributed by atoms with Gasteiger partial charge in [0, 0.05) is 63.6 Å². The van der Waals surface area contributed by atoms with Crippen LogP contribution in [0.4, 0.5) is 5.69 Å². The zero-order chi connectivity index (χ0) is 29.8. The van der Waals surface area contributed by atoms with Crippen molar-refractivity contribution in [1.82, 2.24) is 14.8 Å². The number of anilines is 1. The van der Waals surface area contributed by atoms with Crippen molar-refractivity contribution in [1.29, 1.82) is 0 Å². The van der Waals surface area contributed by atoms with Gasteiger partial charge >= 0.3 is 0 Å². The highest BCUT2D eigenvalue weighted by Gasteiger charge is 2.91. The van der Waals surface area contributed by atoms with E-state index in [0.717, 1.165) is 27.8 Å². The summed E-state index contributed by atoms with van der Waals surface area (Å²) in [6.07, 6.45) is 3.72. The Balaban J connectivity index is 1.44. The molecule has 0 bridgehead atoms. The number of nitrogens with zero attached hydrogens (tertiary/aromatic N) is 3. The fourth-order valence-electron chi connectivity index (χ4n) is 8.84. The number of benzene rings is 2. The zero-order valence-corrected chi connectivity index (χ0v) is 24.5. The van der Waals surface area contributed by atoms with Gasteiger partial charge in [-0.1, -0.05) is 63.2 Å². The Morgan fingerprint density at radius 1 is 0.952 bits per heavy atom. The van der Waals surface area contributed by atoms with Crippen LogP contribution in [0.1, 0.15) is 51.4 Å². The van der Waals surface area contributed by atoms with Gasteiger partial charge in [-0.2, -0.15) is 0 Å². The summed E-state index contributed by atoms with van der Waals surface area (Å²) >= 11 is 0. The summed E-state index contributed by atoms with van der Waals surface area (Å²) in [5.74, 6) is -1.66. The summed E-state index contributed by atoms with van der Waals surface area (Å²) in [4.78, 5) is 37.7. The lowest BCUT2D eigenvalue weighted by molar-refractivity contribution is -0.213. The molecule has 0 aliphatic carbocycles. The minimum absolute atomic E-state index is 0.101. The van der Waals surface area contributed by atoms with Gasteiger partial charge in [-0.05, 0) is 32.1 Å². The van der Waals surface area contributed by atoms with Crippen molar-refractivity contribution in [3.8, 4) is 0 Å². The highest BCUT2D eigenvalue weighted by atomic mass is 16.5. The molecule has 3 saturated heterocycles. The number of hydrogen-bond acceptors (Lipinski definition) is 6. The number of H-pyrrole nitrogens is 1. The predicted molar refractivity (Wildman–Crippen MR) is 157 cm³/mol. The summed E-state index contributed by atoms with van der Waals surface area (Å²) in [7, 11) is 1.37. The summed E-state index contributed by atoms with van der Waals surface area (Å²) in [5, 5.41) is 26.4. The topological polar surface area (TPSA) is 109 Å². The number of carbonyl (C=O) groups excluding carboxylic acids is 2. The molecule has 2 amide bonds. The SMILES string of the molecule is CO[C@@H]1[C@]2(O)C(=O)N3/C=C\C(C)(C)c4[nH]c5ccccc5c4C=C3C(=O)N2[C@]23[C@H](C)C(C)(C)N2c2ccccc2[C@]13O. The molecule has 0 radical (unpaired) electrons. The molecule has 3 aromatic rings. The maximum atomic E-state index is 15.0. The molecule has 3 fully saturated rings. The maximum Gasteiger partial charge on any atom is 0.287 e. The van der Waals surface area contributed by atoms with Crippen LogP contribution in [0, 0.1) is 5.92 Å². The smallest absolute Gasteiger partial charge is 0.287 e. The molecule has 6 heterocycles. The molecule has 216 valence electrons. The van der Waals surface area contributed by atoms with Gasteiger partial charge in [0.15, 0.2) is 17.4 Å². The van der Waals surface area contributed by atoms with Crippen molar-refractivity contribution in [2.45, 2.75) is 68.7 Å². The Bertz CT molecular complexity index is 1820. The van der Waals surface area contributed by atoms with E-state index in [-0.39, 0.29) is 11.6 Å². The maximum absolute atomic E-state index is 15.0. The number of rotatable bonds is 1. The van der Waals surface area contributed by atoms with Gasteiger partial charge in [0.25, 0.3) is 17.5 Å². The van der Waals surface area contributed by atoms with Gasteiger partial charge in [-0.15, -0.1) is 0 Å². The van der Waals surface area contributed by atoms with E-state index >= 15 is 0 Å². The molecule has 2 aromatic carbocycles. The van der Waals surface area contributed by atoms with Crippen LogP contribution in [-0.4, -0.2) is 67.0 Å². The molecule has 0 saturated carbocycles.